The van der Waals surface area contributed by atoms with Crippen LogP contribution in [0.1, 0.15) is 67.9 Å². The summed E-state index contributed by atoms with van der Waals surface area (Å²) in [6.07, 6.45) is -0.147. The van der Waals surface area contributed by atoms with E-state index in [0.717, 1.165) is 36.4 Å². The van der Waals surface area contributed by atoms with Crippen LogP contribution in [-0.4, -0.2) is 57.0 Å². The number of aryl methyl sites for hydroxylation is 1. The number of alkyl halides is 3. The van der Waals surface area contributed by atoms with Crippen molar-refractivity contribution in [3.63, 3.8) is 0 Å². The number of halogens is 3. The van der Waals surface area contributed by atoms with Gasteiger partial charge in [-0.05, 0) is 61.6 Å². The summed E-state index contributed by atoms with van der Waals surface area (Å²) in [5.41, 5.74) is 1.64. The van der Waals surface area contributed by atoms with Crippen molar-refractivity contribution in [2.45, 2.75) is 57.1 Å². The van der Waals surface area contributed by atoms with E-state index in [4.69, 9.17) is 4.42 Å². The number of pyridine rings is 1. The van der Waals surface area contributed by atoms with E-state index < -0.39 is 29.8 Å². The highest BCUT2D eigenvalue weighted by molar-refractivity contribution is 6.00. The van der Waals surface area contributed by atoms with Crippen LogP contribution in [0.4, 0.5) is 13.2 Å². The van der Waals surface area contributed by atoms with Crippen molar-refractivity contribution in [1.29, 1.82) is 0 Å². The van der Waals surface area contributed by atoms with E-state index in [-0.39, 0.29) is 30.6 Å². The Morgan fingerprint density at radius 3 is 2.58 bits per heavy atom. The number of aliphatic hydroxyl groups excluding tert-OH is 1. The van der Waals surface area contributed by atoms with Crippen molar-refractivity contribution in [3.8, 4) is 0 Å². The molecule has 0 saturated carbocycles. The third-order valence-corrected chi connectivity index (χ3v) is 7.69. The van der Waals surface area contributed by atoms with Gasteiger partial charge in [0.25, 0.3) is 11.8 Å². The number of amides is 2. The molecule has 5 rings (SSSR count). The van der Waals surface area contributed by atoms with Gasteiger partial charge in [0.15, 0.2) is 0 Å². The molecule has 9 nitrogen and oxygen atoms in total. The molecular formula is C33H34F3N5O4. The second-order valence-electron chi connectivity index (χ2n) is 11.1. The molecule has 2 aromatic heterocycles. The number of rotatable bonds is 11. The number of hydrogen-bond donors (Lipinski definition) is 3. The predicted octanol–water partition coefficient (Wildman–Crippen LogP) is 4.87. The monoisotopic (exact) mass is 621 g/mol. The van der Waals surface area contributed by atoms with Gasteiger partial charge in [-0.1, -0.05) is 36.4 Å². The van der Waals surface area contributed by atoms with Crippen LogP contribution in [-0.2, 0) is 19.1 Å². The van der Waals surface area contributed by atoms with E-state index in [2.05, 4.69) is 20.6 Å². The van der Waals surface area contributed by atoms with Gasteiger partial charge in [-0.25, -0.2) is 4.98 Å². The highest BCUT2D eigenvalue weighted by Crippen LogP contribution is 2.33. The van der Waals surface area contributed by atoms with Crippen molar-refractivity contribution in [2.24, 2.45) is 0 Å². The maximum Gasteiger partial charge on any atom is 0.417 e. The fourth-order valence-electron chi connectivity index (χ4n) is 5.40. The average Bonchev–Trinajstić information content (AvgIpc) is 3.70. The summed E-state index contributed by atoms with van der Waals surface area (Å²) in [6, 6.07) is 15.7. The first-order valence-corrected chi connectivity index (χ1v) is 14.7. The average molecular weight is 622 g/mol. The van der Waals surface area contributed by atoms with Gasteiger partial charge in [-0.15, -0.1) is 0 Å². The van der Waals surface area contributed by atoms with Crippen LogP contribution in [0, 0.1) is 6.92 Å². The first kappa shape index (κ1) is 31.9. The van der Waals surface area contributed by atoms with Crippen molar-refractivity contribution in [2.75, 3.05) is 13.1 Å². The van der Waals surface area contributed by atoms with Crippen LogP contribution in [0.2, 0.25) is 0 Å². The maximum absolute atomic E-state index is 13.5. The Labute approximate surface area is 258 Å². The first-order chi connectivity index (χ1) is 21.6. The molecule has 1 fully saturated rings. The highest BCUT2D eigenvalue weighted by atomic mass is 19.4. The van der Waals surface area contributed by atoms with Crippen molar-refractivity contribution in [1.82, 2.24) is 25.5 Å². The number of aromatic nitrogens is 2. The zero-order valence-electron chi connectivity index (χ0n) is 24.6. The summed E-state index contributed by atoms with van der Waals surface area (Å²) < 4.78 is 44.7. The predicted molar refractivity (Wildman–Crippen MR) is 159 cm³/mol. The zero-order valence-corrected chi connectivity index (χ0v) is 24.6. The Kier molecular flexibility index (Phi) is 9.94. The molecule has 2 amide bonds. The lowest BCUT2D eigenvalue weighted by Gasteiger charge is -2.25. The number of carbonyl (C=O) groups is 2. The van der Waals surface area contributed by atoms with E-state index in [1.165, 1.54) is 12.3 Å². The van der Waals surface area contributed by atoms with Gasteiger partial charge < -0.3 is 25.1 Å². The van der Waals surface area contributed by atoms with Crippen LogP contribution in [0.15, 0.2) is 83.7 Å². The summed E-state index contributed by atoms with van der Waals surface area (Å²) in [5.74, 6) is -0.229. The number of carbonyl (C=O) groups excluding carboxylic acids is 2. The minimum absolute atomic E-state index is 0.0107. The quantitative estimate of drug-likeness (QED) is 0.219. The molecule has 236 valence electrons. The molecule has 0 spiro atoms. The largest absolute Gasteiger partial charge is 0.446 e. The van der Waals surface area contributed by atoms with E-state index in [0.29, 0.717) is 30.0 Å². The summed E-state index contributed by atoms with van der Waals surface area (Å²) in [6.45, 7) is 2.39. The van der Waals surface area contributed by atoms with E-state index in [1.54, 1.807) is 29.4 Å². The molecule has 3 N–H and O–H groups in total. The Balaban J connectivity index is 1.26. The van der Waals surface area contributed by atoms with Crippen LogP contribution in [0.25, 0.3) is 0 Å². The molecule has 1 aliphatic rings. The fourth-order valence-corrected chi connectivity index (χ4v) is 5.40. The number of oxazole rings is 1. The smallest absolute Gasteiger partial charge is 0.417 e. The molecule has 4 aromatic rings. The van der Waals surface area contributed by atoms with Gasteiger partial charge in [-0.3, -0.25) is 14.6 Å². The minimum Gasteiger partial charge on any atom is -0.446 e. The molecule has 3 atom stereocenters. The standard InChI is InChI=1S/C33H34F3N5O4/c1-21-20-45-31(39-21)28-11-6-12-41(28)32(44)25-10-5-9-24(15-25)30(43)40-27(14-22-7-3-2-4-8-22)29(42)19-38-17-23-13-26(18-37-16-23)33(34,35)36/h2-5,7-10,13,15-16,18,20,27-29,38,42H,6,11-12,14,17,19H2,1H3,(H,40,43)/t27-,28+,29-/m0/s1. The SMILES string of the molecule is Cc1coc([C@H]2CCCN2C(=O)c2cccc(C(=O)N[C@@H](Cc3ccccc3)[C@@H](O)CNCc3cncc(C(F)(F)F)c3)c2)n1. The van der Waals surface area contributed by atoms with Gasteiger partial charge in [0, 0.05) is 43.2 Å². The lowest BCUT2D eigenvalue weighted by Crippen LogP contribution is -2.48. The second-order valence-corrected chi connectivity index (χ2v) is 11.1. The Morgan fingerprint density at radius 2 is 1.84 bits per heavy atom. The Hall–Kier alpha value is -4.55. The van der Waals surface area contributed by atoms with Gasteiger partial charge in [0.1, 0.15) is 12.3 Å². The molecular weight excluding hydrogens is 587 g/mol. The molecule has 3 heterocycles. The third kappa shape index (κ3) is 8.14. The molecule has 2 aromatic carbocycles. The molecule has 45 heavy (non-hydrogen) atoms. The number of nitrogens with zero attached hydrogens (tertiary/aromatic N) is 3. The summed E-state index contributed by atoms with van der Waals surface area (Å²) in [7, 11) is 0. The minimum atomic E-state index is -4.51. The molecule has 1 aliphatic heterocycles. The maximum atomic E-state index is 13.5. The van der Waals surface area contributed by atoms with Crippen molar-refractivity contribution in [3.05, 3.63) is 119 Å². The zero-order chi connectivity index (χ0) is 32.0. The summed E-state index contributed by atoms with van der Waals surface area (Å²) in [4.78, 5) is 36.7. The third-order valence-electron chi connectivity index (χ3n) is 7.69. The van der Waals surface area contributed by atoms with E-state index >= 15 is 0 Å². The first-order valence-electron chi connectivity index (χ1n) is 14.7. The van der Waals surface area contributed by atoms with Crippen LogP contribution in [0.5, 0.6) is 0 Å². The molecule has 0 unspecified atom stereocenters. The summed E-state index contributed by atoms with van der Waals surface area (Å²) in [5, 5.41) is 17.0. The fraction of sp³-hybridized carbons (Fsp3) is 0.333. The van der Waals surface area contributed by atoms with Crippen molar-refractivity contribution >= 4 is 11.8 Å². The van der Waals surface area contributed by atoms with Gasteiger partial charge in [0.2, 0.25) is 5.89 Å². The van der Waals surface area contributed by atoms with E-state index in [1.807, 2.05) is 37.3 Å². The van der Waals surface area contributed by atoms with Gasteiger partial charge in [0.05, 0.1) is 23.4 Å². The summed E-state index contributed by atoms with van der Waals surface area (Å²) >= 11 is 0. The molecule has 12 heteroatoms. The number of nitrogens with one attached hydrogen (secondary N) is 2. The number of likely N-dealkylation sites (tertiary alicyclic amines) is 1. The van der Waals surface area contributed by atoms with Gasteiger partial charge in [-0.2, -0.15) is 13.2 Å². The Bertz CT molecular complexity index is 1610. The lowest BCUT2D eigenvalue weighted by molar-refractivity contribution is -0.137. The van der Waals surface area contributed by atoms with Crippen LogP contribution < -0.4 is 10.6 Å². The molecule has 0 radical (unpaired) electrons. The lowest BCUT2D eigenvalue weighted by atomic mass is 10.00. The second kappa shape index (κ2) is 14.0. The normalized spacial score (nSPS) is 16.4. The number of benzene rings is 2. The number of aliphatic hydroxyl groups is 1. The molecule has 1 saturated heterocycles. The topological polar surface area (TPSA) is 121 Å². The number of hydrogen-bond acceptors (Lipinski definition) is 7. The van der Waals surface area contributed by atoms with Crippen molar-refractivity contribution < 1.29 is 32.3 Å². The molecule has 0 bridgehead atoms. The van der Waals surface area contributed by atoms with Crippen LogP contribution in [0.3, 0.4) is 0 Å². The molecule has 0 aliphatic carbocycles. The highest BCUT2D eigenvalue weighted by Gasteiger charge is 2.34. The van der Waals surface area contributed by atoms with Gasteiger partial charge >= 0.3 is 6.18 Å². The van der Waals surface area contributed by atoms with E-state index in [9.17, 15) is 27.9 Å². The van der Waals surface area contributed by atoms with Crippen LogP contribution >= 0.6 is 0 Å². The Morgan fingerprint density at radius 1 is 1.07 bits per heavy atom.